The summed E-state index contributed by atoms with van der Waals surface area (Å²) in [7, 11) is 0. The minimum absolute atomic E-state index is 0.136. The lowest BCUT2D eigenvalue weighted by Crippen LogP contribution is -2.50. The number of hydrogen-bond donors (Lipinski definition) is 0. The van der Waals surface area contributed by atoms with Crippen molar-refractivity contribution in [3.63, 3.8) is 0 Å². The van der Waals surface area contributed by atoms with Crippen LogP contribution >= 0.6 is 0 Å². The molecule has 3 rings (SSSR count). The first-order valence-corrected chi connectivity index (χ1v) is 8.07. The van der Waals surface area contributed by atoms with Gasteiger partial charge in [0.15, 0.2) is 0 Å². The molecule has 2 heterocycles. The number of anilines is 1. The van der Waals surface area contributed by atoms with E-state index in [0.29, 0.717) is 25.0 Å². The summed E-state index contributed by atoms with van der Waals surface area (Å²) in [6.45, 7) is 7.08. The molecule has 5 heteroatoms. The van der Waals surface area contributed by atoms with Gasteiger partial charge in [-0.1, -0.05) is 37.3 Å². The smallest absolute Gasteiger partial charge is 0.228 e. The van der Waals surface area contributed by atoms with Crippen LogP contribution in [0.5, 0.6) is 5.88 Å². The average molecular weight is 313 g/mol. The standard InChI is InChI=1S/C18H23N3O2/c1-3-18(2)14-21(11-12-23-18)17-19-10-9-16(20-17)22-13-15-7-5-4-6-8-15/h4-10H,3,11-14H2,1-2H3. The Balaban J connectivity index is 1.67. The molecule has 0 aliphatic carbocycles. The quantitative estimate of drug-likeness (QED) is 0.849. The molecule has 1 fully saturated rings. The van der Waals surface area contributed by atoms with Gasteiger partial charge in [0.1, 0.15) is 6.61 Å². The molecular formula is C18H23N3O2. The first-order valence-electron chi connectivity index (χ1n) is 8.07. The Morgan fingerprint density at radius 3 is 2.87 bits per heavy atom. The Morgan fingerprint density at radius 1 is 1.26 bits per heavy atom. The molecule has 1 atom stereocenters. The molecule has 1 aliphatic heterocycles. The first-order chi connectivity index (χ1) is 11.2. The molecule has 1 saturated heterocycles. The Hall–Kier alpha value is -2.14. The Bertz CT molecular complexity index is 635. The number of morpholine rings is 1. The molecule has 122 valence electrons. The van der Waals surface area contributed by atoms with Crippen LogP contribution in [0.1, 0.15) is 25.8 Å². The monoisotopic (exact) mass is 313 g/mol. The molecule has 1 unspecified atom stereocenters. The fraction of sp³-hybridized carbons (Fsp3) is 0.444. The minimum atomic E-state index is -0.136. The van der Waals surface area contributed by atoms with Crippen molar-refractivity contribution in [2.45, 2.75) is 32.5 Å². The van der Waals surface area contributed by atoms with E-state index in [1.165, 1.54) is 0 Å². The lowest BCUT2D eigenvalue weighted by atomic mass is 10.0. The highest BCUT2D eigenvalue weighted by molar-refractivity contribution is 5.33. The Kier molecular flexibility index (Phi) is 4.76. The Labute approximate surface area is 137 Å². The van der Waals surface area contributed by atoms with Crippen LogP contribution in [0.2, 0.25) is 0 Å². The van der Waals surface area contributed by atoms with Crippen molar-refractivity contribution >= 4 is 5.95 Å². The fourth-order valence-corrected chi connectivity index (χ4v) is 2.61. The highest BCUT2D eigenvalue weighted by Gasteiger charge is 2.31. The van der Waals surface area contributed by atoms with Crippen molar-refractivity contribution in [3.8, 4) is 5.88 Å². The van der Waals surface area contributed by atoms with E-state index in [1.54, 1.807) is 12.3 Å². The predicted octanol–water partition coefficient (Wildman–Crippen LogP) is 3.06. The van der Waals surface area contributed by atoms with Gasteiger partial charge < -0.3 is 14.4 Å². The second-order valence-electron chi connectivity index (χ2n) is 6.04. The molecule has 5 nitrogen and oxygen atoms in total. The normalized spacial score (nSPS) is 21.2. The number of rotatable bonds is 5. The van der Waals surface area contributed by atoms with Crippen molar-refractivity contribution in [1.29, 1.82) is 0 Å². The summed E-state index contributed by atoms with van der Waals surface area (Å²) in [5.74, 6) is 1.31. The van der Waals surface area contributed by atoms with Crippen molar-refractivity contribution in [1.82, 2.24) is 9.97 Å². The van der Waals surface area contributed by atoms with Crippen LogP contribution in [0, 0.1) is 0 Å². The Morgan fingerprint density at radius 2 is 2.09 bits per heavy atom. The summed E-state index contributed by atoms with van der Waals surface area (Å²) in [5.41, 5.74) is 0.986. The fourth-order valence-electron chi connectivity index (χ4n) is 2.61. The van der Waals surface area contributed by atoms with Gasteiger partial charge in [0.25, 0.3) is 0 Å². The van der Waals surface area contributed by atoms with Crippen LogP contribution in [0.15, 0.2) is 42.6 Å². The number of nitrogens with zero attached hydrogens (tertiary/aromatic N) is 3. The van der Waals surface area contributed by atoms with Crippen LogP contribution in [0.25, 0.3) is 0 Å². The summed E-state index contributed by atoms with van der Waals surface area (Å²) in [6, 6.07) is 11.9. The van der Waals surface area contributed by atoms with E-state index in [9.17, 15) is 0 Å². The molecule has 0 saturated carbocycles. The second-order valence-corrected chi connectivity index (χ2v) is 6.04. The maximum Gasteiger partial charge on any atom is 0.228 e. The van der Waals surface area contributed by atoms with E-state index in [1.807, 2.05) is 30.3 Å². The van der Waals surface area contributed by atoms with Crippen LogP contribution in [-0.2, 0) is 11.3 Å². The zero-order valence-electron chi connectivity index (χ0n) is 13.7. The third-order valence-corrected chi connectivity index (χ3v) is 4.21. The van der Waals surface area contributed by atoms with Crippen LogP contribution in [0.3, 0.4) is 0 Å². The summed E-state index contributed by atoms with van der Waals surface area (Å²) in [4.78, 5) is 11.1. The highest BCUT2D eigenvalue weighted by atomic mass is 16.5. The minimum Gasteiger partial charge on any atom is -0.473 e. The summed E-state index contributed by atoms with van der Waals surface area (Å²) >= 11 is 0. The van der Waals surface area contributed by atoms with Gasteiger partial charge in [0.2, 0.25) is 11.8 Å². The van der Waals surface area contributed by atoms with E-state index in [4.69, 9.17) is 9.47 Å². The van der Waals surface area contributed by atoms with Gasteiger partial charge in [-0.25, -0.2) is 4.98 Å². The second kappa shape index (κ2) is 6.96. The number of benzene rings is 1. The maximum atomic E-state index is 5.87. The average Bonchev–Trinajstić information content (AvgIpc) is 2.61. The highest BCUT2D eigenvalue weighted by Crippen LogP contribution is 2.24. The van der Waals surface area contributed by atoms with Crippen molar-refractivity contribution in [2.75, 3.05) is 24.6 Å². The van der Waals surface area contributed by atoms with Crippen molar-refractivity contribution in [2.24, 2.45) is 0 Å². The maximum absolute atomic E-state index is 5.87. The molecular weight excluding hydrogens is 290 g/mol. The van der Waals surface area contributed by atoms with Crippen molar-refractivity contribution < 1.29 is 9.47 Å². The van der Waals surface area contributed by atoms with Crippen LogP contribution in [0.4, 0.5) is 5.95 Å². The lowest BCUT2D eigenvalue weighted by molar-refractivity contribution is -0.0445. The van der Waals surface area contributed by atoms with E-state index in [0.717, 1.165) is 25.1 Å². The topological polar surface area (TPSA) is 47.5 Å². The molecule has 0 radical (unpaired) electrons. The van der Waals surface area contributed by atoms with E-state index < -0.39 is 0 Å². The number of hydrogen-bond acceptors (Lipinski definition) is 5. The summed E-state index contributed by atoms with van der Waals surface area (Å²) in [6.07, 6.45) is 2.72. The number of aromatic nitrogens is 2. The van der Waals surface area contributed by atoms with E-state index in [2.05, 4.69) is 28.7 Å². The molecule has 0 amide bonds. The van der Waals surface area contributed by atoms with E-state index >= 15 is 0 Å². The lowest BCUT2D eigenvalue weighted by Gasteiger charge is -2.40. The van der Waals surface area contributed by atoms with Gasteiger partial charge >= 0.3 is 0 Å². The van der Waals surface area contributed by atoms with Gasteiger partial charge in [-0.05, 0) is 18.9 Å². The van der Waals surface area contributed by atoms with Gasteiger partial charge in [0.05, 0.1) is 12.2 Å². The van der Waals surface area contributed by atoms with Crippen molar-refractivity contribution in [3.05, 3.63) is 48.2 Å². The summed E-state index contributed by atoms with van der Waals surface area (Å²) < 4.78 is 11.7. The molecule has 1 aromatic carbocycles. The molecule has 1 aliphatic rings. The van der Waals surface area contributed by atoms with Crippen LogP contribution in [-0.4, -0.2) is 35.3 Å². The van der Waals surface area contributed by atoms with E-state index in [-0.39, 0.29) is 5.60 Å². The van der Waals surface area contributed by atoms with Gasteiger partial charge in [-0.3, -0.25) is 0 Å². The van der Waals surface area contributed by atoms with Gasteiger partial charge in [0, 0.05) is 25.4 Å². The third kappa shape index (κ3) is 3.99. The molecule has 0 bridgehead atoms. The summed E-state index contributed by atoms with van der Waals surface area (Å²) in [5, 5.41) is 0. The molecule has 1 aromatic heterocycles. The zero-order chi connectivity index (χ0) is 16.1. The SMILES string of the molecule is CCC1(C)CN(c2nccc(OCc3ccccc3)n2)CCO1. The zero-order valence-corrected chi connectivity index (χ0v) is 13.7. The largest absolute Gasteiger partial charge is 0.473 e. The third-order valence-electron chi connectivity index (χ3n) is 4.21. The first kappa shape index (κ1) is 15.7. The molecule has 0 spiro atoms. The van der Waals surface area contributed by atoms with Crippen LogP contribution < -0.4 is 9.64 Å². The number of ether oxygens (including phenoxy) is 2. The molecule has 0 N–H and O–H groups in total. The predicted molar refractivity (Wildman–Crippen MR) is 89.7 cm³/mol. The molecule has 23 heavy (non-hydrogen) atoms. The van der Waals surface area contributed by atoms with Gasteiger partial charge in [-0.15, -0.1) is 0 Å². The van der Waals surface area contributed by atoms with Gasteiger partial charge in [-0.2, -0.15) is 4.98 Å². The molecule has 2 aromatic rings.